The highest BCUT2D eigenvalue weighted by atomic mass is 16.4. The van der Waals surface area contributed by atoms with Crippen LogP contribution < -0.4 is 5.73 Å². The molecule has 0 atom stereocenters. The van der Waals surface area contributed by atoms with Gasteiger partial charge in [0, 0.05) is 0 Å². The average molecular weight is 197 g/mol. The molecule has 0 unspecified atom stereocenters. The maximum atomic E-state index is 10.7. The maximum Gasteiger partial charge on any atom is 0.339 e. The molecule has 0 bridgehead atoms. The van der Waals surface area contributed by atoms with Crippen LogP contribution in [0.2, 0.25) is 0 Å². The Balaban J connectivity index is 3.47. The van der Waals surface area contributed by atoms with Crippen molar-refractivity contribution in [1.29, 1.82) is 0 Å². The maximum absolute atomic E-state index is 10.7. The molecule has 5 N–H and O–H groups in total. The van der Waals surface area contributed by atoms with Crippen LogP contribution >= 0.6 is 0 Å². The van der Waals surface area contributed by atoms with E-state index in [-0.39, 0.29) is 0 Å². The second kappa shape index (κ2) is 3.25. The predicted octanol–water partition coefficient (Wildman–Crippen LogP) is -0.105. The molecule has 0 aromatic heterocycles. The number of carbonyl (C=O) groups is 2. The SMILES string of the molecule is NC(=O)c1cc(O)cc(C(=O)O)c1O. The van der Waals surface area contributed by atoms with E-state index in [1.165, 1.54) is 0 Å². The van der Waals surface area contributed by atoms with E-state index in [0.29, 0.717) is 0 Å². The number of primary amides is 1. The second-order valence-electron chi connectivity index (χ2n) is 2.56. The number of carboxylic acids is 1. The van der Waals surface area contributed by atoms with E-state index in [1.54, 1.807) is 0 Å². The minimum absolute atomic E-state index is 0.428. The van der Waals surface area contributed by atoms with E-state index in [2.05, 4.69) is 0 Å². The van der Waals surface area contributed by atoms with Gasteiger partial charge in [0.1, 0.15) is 17.1 Å². The van der Waals surface area contributed by atoms with E-state index in [1.807, 2.05) is 0 Å². The molecule has 6 heteroatoms. The molecule has 0 saturated carbocycles. The first-order valence-corrected chi connectivity index (χ1v) is 3.52. The van der Waals surface area contributed by atoms with Crippen LogP contribution in [0.25, 0.3) is 0 Å². The Morgan fingerprint density at radius 2 is 1.64 bits per heavy atom. The summed E-state index contributed by atoms with van der Waals surface area (Å²) in [6.45, 7) is 0. The molecule has 1 aromatic carbocycles. The van der Waals surface area contributed by atoms with E-state index < -0.39 is 34.5 Å². The number of phenolic OH excluding ortho intramolecular Hbond substituents is 1. The summed E-state index contributed by atoms with van der Waals surface area (Å²) in [5.41, 5.74) is 3.85. The minimum Gasteiger partial charge on any atom is -0.508 e. The summed E-state index contributed by atoms with van der Waals surface area (Å²) >= 11 is 0. The van der Waals surface area contributed by atoms with Crippen LogP contribution in [0.3, 0.4) is 0 Å². The first-order valence-electron chi connectivity index (χ1n) is 3.52. The van der Waals surface area contributed by atoms with E-state index in [9.17, 15) is 14.7 Å². The third-order valence-electron chi connectivity index (χ3n) is 1.59. The largest absolute Gasteiger partial charge is 0.508 e. The van der Waals surface area contributed by atoms with Gasteiger partial charge in [0.05, 0.1) is 5.56 Å². The van der Waals surface area contributed by atoms with Crippen LogP contribution in [0.1, 0.15) is 20.7 Å². The van der Waals surface area contributed by atoms with Crippen molar-refractivity contribution in [3.05, 3.63) is 23.3 Å². The highest BCUT2D eigenvalue weighted by molar-refractivity contribution is 6.01. The van der Waals surface area contributed by atoms with Crippen molar-refractivity contribution in [2.45, 2.75) is 0 Å². The minimum atomic E-state index is -1.46. The van der Waals surface area contributed by atoms with Gasteiger partial charge in [0.15, 0.2) is 0 Å². The lowest BCUT2D eigenvalue weighted by molar-refractivity contribution is 0.0693. The molecule has 1 aromatic rings. The summed E-state index contributed by atoms with van der Waals surface area (Å²) < 4.78 is 0. The number of hydrogen-bond donors (Lipinski definition) is 4. The third kappa shape index (κ3) is 1.58. The topological polar surface area (TPSA) is 121 Å². The standard InChI is InChI=1S/C8H7NO5/c9-7(12)4-1-3(10)2-5(6(4)11)8(13)14/h1-2,10-11H,(H2,9,12)(H,13,14). The van der Waals surface area contributed by atoms with Crippen molar-refractivity contribution >= 4 is 11.9 Å². The Labute approximate surface area is 78.2 Å². The highest BCUT2D eigenvalue weighted by Crippen LogP contribution is 2.27. The zero-order chi connectivity index (χ0) is 10.9. The number of aromatic carboxylic acids is 1. The number of rotatable bonds is 2. The number of aromatic hydroxyl groups is 2. The summed E-state index contributed by atoms with van der Waals surface area (Å²) in [6, 6.07) is 1.72. The molecular weight excluding hydrogens is 190 g/mol. The summed E-state index contributed by atoms with van der Waals surface area (Å²) in [7, 11) is 0. The van der Waals surface area contributed by atoms with Crippen molar-refractivity contribution in [3.8, 4) is 11.5 Å². The van der Waals surface area contributed by atoms with E-state index in [0.717, 1.165) is 12.1 Å². The Bertz CT molecular complexity index is 377. The van der Waals surface area contributed by atoms with Crippen molar-refractivity contribution in [3.63, 3.8) is 0 Å². The third-order valence-corrected chi connectivity index (χ3v) is 1.59. The van der Waals surface area contributed by atoms with Crippen LogP contribution in [0.5, 0.6) is 11.5 Å². The zero-order valence-electron chi connectivity index (χ0n) is 6.89. The van der Waals surface area contributed by atoms with Gasteiger partial charge in [0.25, 0.3) is 5.91 Å². The quantitative estimate of drug-likeness (QED) is 0.493. The highest BCUT2D eigenvalue weighted by Gasteiger charge is 2.18. The number of phenols is 2. The number of benzene rings is 1. The molecule has 0 aliphatic heterocycles. The van der Waals surface area contributed by atoms with Gasteiger partial charge in [-0.2, -0.15) is 0 Å². The molecular formula is C8H7NO5. The number of nitrogens with two attached hydrogens (primary N) is 1. The lowest BCUT2D eigenvalue weighted by Crippen LogP contribution is -2.12. The van der Waals surface area contributed by atoms with E-state index >= 15 is 0 Å². The van der Waals surface area contributed by atoms with Crippen LogP contribution in [0.15, 0.2) is 12.1 Å². The number of hydrogen-bond acceptors (Lipinski definition) is 4. The van der Waals surface area contributed by atoms with Crippen molar-refractivity contribution in [2.75, 3.05) is 0 Å². The number of amides is 1. The molecule has 0 aliphatic rings. The van der Waals surface area contributed by atoms with Crippen molar-refractivity contribution in [1.82, 2.24) is 0 Å². The fraction of sp³-hybridized carbons (Fsp3) is 0. The Morgan fingerprint density at radius 3 is 2.07 bits per heavy atom. The molecule has 1 amide bonds. The first-order chi connectivity index (χ1) is 6.43. The number of carboxylic acid groups (broad SMARTS) is 1. The fourth-order valence-corrected chi connectivity index (χ4v) is 0.970. The van der Waals surface area contributed by atoms with Gasteiger partial charge in [-0.25, -0.2) is 4.79 Å². The van der Waals surface area contributed by atoms with E-state index in [4.69, 9.17) is 15.9 Å². The average Bonchev–Trinajstić information content (AvgIpc) is 2.07. The predicted molar refractivity (Wildman–Crippen MR) is 45.2 cm³/mol. The Hall–Kier alpha value is -2.24. The lowest BCUT2D eigenvalue weighted by atomic mass is 10.1. The van der Waals surface area contributed by atoms with Crippen LogP contribution in [0, 0.1) is 0 Å². The van der Waals surface area contributed by atoms with Gasteiger partial charge in [-0.3, -0.25) is 4.79 Å². The first kappa shape index (κ1) is 9.85. The molecule has 0 heterocycles. The van der Waals surface area contributed by atoms with Gasteiger partial charge in [-0.05, 0) is 12.1 Å². The smallest absolute Gasteiger partial charge is 0.339 e. The zero-order valence-corrected chi connectivity index (χ0v) is 6.89. The lowest BCUT2D eigenvalue weighted by Gasteiger charge is -2.04. The molecule has 0 radical (unpaired) electrons. The van der Waals surface area contributed by atoms with Crippen LogP contribution in [-0.4, -0.2) is 27.2 Å². The summed E-state index contributed by atoms with van der Waals surface area (Å²) in [5, 5.41) is 26.9. The Kier molecular flexibility index (Phi) is 2.29. The van der Waals surface area contributed by atoms with Crippen molar-refractivity contribution < 1.29 is 24.9 Å². The normalized spacial score (nSPS) is 9.71. The Morgan fingerprint density at radius 1 is 1.14 bits per heavy atom. The molecule has 0 spiro atoms. The summed E-state index contributed by atoms with van der Waals surface area (Å²) in [5.74, 6) is -3.67. The van der Waals surface area contributed by atoms with Crippen LogP contribution in [0.4, 0.5) is 0 Å². The molecule has 74 valence electrons. The van der Waals surface area contributed by atoms with Gasteiger partial charge in [0.2, 0.25) is 0 Å². The second-order valence-corrected chi connectivity index (χ2v) is 2.56. The molecule has 14 heavy (non-hydrogen) atoms. The summed E-state index contributed by atoms with van der Waals surface area (Å²) in [6.07, 6.45) is 0. The van der Waals surface area contributed by atoms with Crippen molar-refractivity contribution in [2.24, 2.45) is 5.73 Å². The van der Waals surface area contributed by atoms with Gasteiger partial charge >= 0.3 is 5.97 Å². The van der Waals surface area contributed by atoms with Crippen LogP contribution in [-0.2, 0) is 0 Å². The fourth-order valence-electron chi connectivity index (χ4n) is 0.970. The van der Waals surface area contributed by atoms with Gasteiger partial charge in [-0.1, -0.05) is 0 Å². The monoisotopic (exact) mass is 197 g/mol. The molecule has 0 fully saturated rings. The van der Waals surface area contributed by atoms with Gasteiger partial charge < -0.3 is 21.1 Å². The number of carbonyl (C=O) groups excluding carboxylic acids is 1. The molecule has 6 nitrogen and oxygen atoms in total. The van der Waals surface area contributed by atoms with Gasteiger partial charge in [-0.15, -0.1) is 0 Å². The molecule has 0 aliphatic carbocycles. The summed E-state index contributed by atoms with van der Waals surface area (Å²) in [4.78, 5) is 21.2. The molecule has 1 rings (SSSR count). The molecule has 0 saturated heterocycles.